The standard InChI is InChI=1S/C20H23ClF2N6O2S/c21-13-8-24-18(25-9-13)29-6-2-12(3-7-29)16-26-15-14(32(31)11-20(15,22)23)17(27-16)28-19(10-30)4-1-5-19/h8-9,12,30H,1-7,10-11H2,(H,26,27,28). The third-order valence-corrected chi connectivity index (χ3v) is 8.18. The van der Waals surface area contributed by atoms with E-state index in [-0.39, 0.29) is 23.2 Å². The maximum atomic E-state index is 14.6. The molecule has 3 aliphatic rings. The largest absolute Gasteiger partial charge is 0.394 e. The van der Waals surface area contributed by atoms with Gasteiger partial charge < -0.3 is 15.3 Å². The van der Waals surface area contributed by atoms with Crippen LogP contribution in [0.15, 0.2) is 17.3 Å². The molecule has 1 atom stereocenters. The van der Waals surface area contributed by atoms with Crippen molar-refractivity contribution in [1.29, 1.82) is 0 Å². The van der Waals surface area contributed by atoms with Crippen LogP contribution in [0.2, 0.25) is 5.02 Å². The highest BCUT2D eigenvalue weighted by Gasteiger charge is 2.49. The lowest BCUT2D eigenvalue weighted by Crippen LogP contribution is -2.48. The lowest BCUT2D eigenvalue weighted by atomic mass is 9.77. The third kappa shape index (κ3) is 3.84. The Hall–Kier alpha value is -1.98. The van der Waals surface area contributed by atoms with Gasteiger partial charge in [0.05, 0.1) is 46.1 Å². The van der Waals surface area contributed by atoms with Crippen LogP contribution in [0.1, 0.15) is 49.5 Å². The van der Waals surface area contributed by atoms with Crippen molar-refractivity contribution in [3.05, 3.63) is 28.9 Å². The summed E-state index contributed by atoms with van der Waals surface area (Å²) in [5.41, 5.74) is -1.05. The minimum absolute atomic E-state index is 0.0227. The predicted molar refractivity (Wildman–Crippen MR) is 116 cm³/mol. The van der Waals surface area contributed by atoms with Crippen LogP contribution in [0.4, 0.5) is 20.5 Å². The maximum Gasteiger partial charge on any atom is 0.302 e. The van der Waals surface area contributed by atoms with E-state index < -0.39 is 33.7 Å². The number of alkyl halides is 2. The molecule has 172 valence electrons. The van der Waals surface area contributed by atoms with Gasteiger partial charge in [0, 0.05) is 19.0 Å². The van der Waals surface area contributed by atoms with Crippen LogP contribution < -0.4 is 10.2 Å². The summed E-state index contributed by atoms with van der Waals surface area (Å²) in [6.07, 6.45) is 6.71. The minimum atomic E-state index is -3.27. The Balaban J connectivity index is 1.43. The maximum absolute atomic E-state index is 14.6. The molecule has 0 aromatic carbocycles. The first-order valence-electron chi connectivity index (χ1n) is 10.6. The fraction of sp³-hybridized carbons (Fsp3) is 0.600. The van der Waals surface area contributed by atoms with Gasteiger partial charge in [0.2, 0.25) is 5.95 Å². The van der Waals surface area contributed by atoms with E-state index in [0.29, 0.717) is 55.6 Å². The van der Waals surface area contributed by atoms with E-state index in [1.54, 1.807) is 0 Å². The van der Waals surface area contributed by atoms with Crippen molar-refractivity contribution in [2.24, 2.45) is 0 Å². The van der Waals surface area contributed by atoms with Crippen molar-refractivity contribution in [3.63, 3.8) is 0 Å². The molecule has 5 rings (SSSR count). The second-order valence-corrected chi connectivity index (χ2v) is 10.5. The van der Waals surface area contributed by atoms with Crippen LogP contribution in [0.3, 0.4) is 0 Å². The van der Waals surface area contributed by atoms with Crippen LogP contribution in [0, 0.1) is 0 Å². The van der Waals surface area contributed by atoms with E-state index in [1.807, 2.05) is 4.90 Å². The molecule has 0 radical (unpaired) electrons. The van der Waals surface area contributed by atoms with Crippen LogP contribution in [-0.4, -0.2) is 60.2 Å². The molecular weight excluding hydrogens is 462 g/mol. The summed E-state index contributed by atoms with van der Waals surface area (Å²) in [7, 11) is -1.89. The normalized spacial score (nSPS) is 24.1. The number of hydrogen-bond acceptors (Lipinski definition) is 8. The Bertz CT molecular complexity index is 1040. The molecule has 0 bridgehead atoms. The molecule has 1 saturated heterocycles. The van der Waals surface area contributed by atoms with Gasteiger partial charge in [-0.15, -0.1) is 0 Å². The van der Waals surface area contributed by atoms with Gasteiger partial charge in [-0.25, -0.2) is 19.9 Å². The molecule has 1 saturated carbocycles. The molecule has 0 spiro atoms. The number of hydrogen-bond donors (Lipinski definition) is 2. The zero-order valence-corrected chi connectivity index (χ0v) is 18.8. The fourth-order valence-electron chi connectivity index (χ4n) is 4.49. The van der Waals surface area contributed by atoms with Gasteiger partial charge in [0.25, 0.3) is 0 Å². The Kier molecular flexibility index (Phi) is 5.53. The zero-order valence-electron chi connectivity index (χ0n) is 17.2. The highest BCUT2D eigenvalue weighted by atomic mass is 35.5. The molecule has 12 heteroatoms. The summed E-state index contributed by atoms with van der Waals surface area (Å²) in [5.74, 6) is -3.10. The average Bonchev–Trinajstić information content (AvgIpc) is 2.99. The van der Waals surface area contributed by atoms with Crippen LogP contribution in [0.25, 0.3) is 0 Å². The molecule has 2 aromatic rings. The van der Waals surface area contributed by atoms with E-state index in [4.69, 9.17) is 11.6 Å². The molecule has 32 heavy (non-hydrogen) atoms. The van der Waals surface area contributed by atoms with E-state index in [2.05, 4.69) is 25.3 Å². The van der Waals surface area contributed by atoms with Gasteiger partial charge >= 0.3 is 5.92 Å². The smallest absolute Gasteiger partial charge is 0.302 e. The quantitative estimate of drug-likeness (QED) is 0.667. The van der Waals surface area contributed by atoms with Crippen molar-refractivity contribution in [1.82, 2.24) is 19.9 Å². The second-order valence-electron chi connectivity index (χ2n) is 8.68. The van der Waals surface area contributed by atoms with Crippen LogP contribution >= 0.6 is 11.6 Å². The van der Waals surface area contributed by atoms with Crippen molar-refractivity contribution >= 4 is 34.2 Å². The summed E-state index contributed by atoms with van der Waals surface area (Å²) >= 11 is 5.85. The number of piperidine rings is 1. The van der Waals surface area contributed by atoms with Crippen LogP contribution in [-0.2, 0) is 16.7 Å². The molecule has 2 aliphatic heterocycles. The molecule has 2 fully saturated rings. The number of nitrogens with one attached hydrogen (secondary N) is 1. The molecule has 8 nitrogen and oxygen atoms in total. The molecule has 1 aliphatic carbocycles. The Labute approximate surface area is 191 Å². The Morgan fingerprint density at radius 3 is 2.50 bits per heavy atom. The number of rotatable bonds is 5. The number of nitrogens with zero attached hydrogens (tertiary/aromatic N) is 5. The topological polar surface area (TPSA) is 104 Å². The summed E-state index contributed by atoms with van der Waals surface area (Å²) in [6.45, 7) is 1.11. The Morgan fingerprint density at radius 2 is 1.91 bits per heavy atom. The SMILES string of the molecule is O=S1CC(F)(F)c2nc(C3CCN(c4ncc(Cl)cn4)CC3)nc(NC3(CO)CCC3)c21. The minimum Gasteiger partial charge on any atom is -0.394 e. The molecular formula is C20H23ClF2N6O2S. The van der Waals surface area contributed by atoms with Gasteiger partial charge in [0.1, 0.15) is 22.2 Å². The number of anilines is 2. The number of halogens is 3. The number of aliphatic hydroxyl groups is 1. The first kappa shape index (κ1) is 21.8. The van der Waals surface area contributed by atoms with Crippen molar-refractivity contribution in [3.8, 4) is 0 Å². The number of aliphatic hydroxyl groups excluding tert-OH is 1. The van der Waals surface area contributed by atoms with Gasteiger partial charge in [-0.05, 0) is 32.1 Å². The lowest BCUT2D eigenvalue weighted by Gasteiger charge is -2.41. The van der Waals surface area contributed by atoms with E-state index in [1.165, 1.54) is 12.4 Å². The van der Waals surface area contributed by atoms with E-state index in [9.17, 15) is 18.1 Å². The first-order chi connectivity index (χ1) is 15.3. The molecule has 1 unspecified atom stereocenters. The summed E-state index contributed by atoms with van der Waals surface area (Å²) in [4.78, 5) is 19.3. The van der Waals surface area contributed by atoms with E-state index in [0.717, 1.165) is 6.42 Å². The van der Waals surface area contributed by atoms with Gasteiger partial charge in [-0.1, -0.05) is 11.6 Å². The molecule has 2 aromatic heterocycles. The summed E-state index contributed by atoms with van der Waals surface area (Å²) in [6, 6.07) is 0. The molecule has 2 N–H and O–H groups in total. The van der Waals surface area contributed by atoms with Crippen molar-refractivity contribution < 1.29 is 18.1 Å². The first-order valence-corrected chi connectivity index (χ1v) is 12.3. The summed E-state index contributed by atoms with van der Waals surface area (Å²) in [5, 5.41) is 13.4. The fourth-order valence-corrected chi connectivity index (χ4v) is 5.92. The van der Waals surface area contributed by atoms with Gasteiger partial charge in [-0.2, -0.15) is 8.78 Å². The number of aromatic nitrogens is 4. The average molecular weight is 485 g/mol. The second kappa shape index (κ2) is 8.11. The molecule has 4 heterocycles. The van der Waals surface area contributed by atoms with Gasteiger partial charge in [-0.3, -0.25) is 4.21 Å². The predicted octanol–water partition coefficient (Wildman–Crippen LogP) is 2.84. The summed E-state index contributed by atoms with van der Waals surface area (Å²) < 4.78 is 41.8. The highest BCUT2D eigenvalue weighted by molar-refractivity contribution is 7.85. The monoisotopic (exact) mass is 484 g/mol. The molecule has 0 amide bonds. The Morgan fingerprint density at radius 1 is 1.22 bits per heavy atom. The van der Waals surface area contributed by atoms with E-state index >= 15 is 0 Å². The highest BCUT2D eigenvalue weighted by Crippen LogP contribution is 2.45. The lowest BCUT2D eigenvalue weighted by molar-refractivity contribution is 0.0187. The van der Waals surface area contributed by atoms with Crippen molar-refractivity contribution in [2.45, 2.75) is 54.4 Å². The zero-order chi connectivity index (χ0) is 22.5. The van der Waals surface area contributed by atoms with Crippen LogP contribution in [0.5, 0.6) is 0 Å². The third-order valence-electron chi connectivity index (χ3n) is 6.52. The number of fused-ring (bicyclic) bond motifs is 1. The van der Waals surface area contributed by atoms with Gasteiger partial charge in [0.15, 0.2) is 0 Å². The van der Waals surface area contributed by atoms with Crippen molar-refractivity contribution in [2.75, 3.05) is 35.7 Å².